The molecule has 0 saturated carbocycles. The molecule has 0 radical (unpaired) electrons. The molecular formula is C29H47N3O5. The Morgan fingerprint density at radius 3 is 2.30 bits per heavy atom. The van der Waals surface area contributed by atoms with Crippen LogP contribution >= 0.6 is 0 Å². The van der Waals surface area contributed by atoms with Gasteiger partial charge in [-0.05, 0) is 51.9 Å². The number of nitrogens with zero attached hydrogens (tertiary/aromatic N) is 3. The second kappa shape index (κ2) is 10.2. The Hall–Kier alpha value is -2.19. The van der Waals surface area contributed by atoms with E-state index in [1.54, 1.807) is 29.0 Å². The lowest BCUT2D eigenvalue weighted by Crippen LogP contribution is -2.61. The number of likely N-dealkylation sites (N-methyl/N-ethyl adjacent to an activating group) is 1. The molecule has 8 heteroatoms. The summed E-state index contributed by atoms with van der Waals surface area (Å²) in [5.41, 5.74) is -2.44. The summed E-state index contributed by atoms with van der Waals surface area (Å²) in [6, 6.07) is -0.861. The van der Waals surface area contributed by atoms with Crippen molar-refractivity contribution in [1.29, 1.82) is 0 Å². The standard InChI is InChI=1S/C29H47N3O5/c1-10-15-30(9)23(34)20-21-24(35)31(17-12-18-33)22(29(21)14-13-28(20,8)37-29)25(36)32(16-11-2)27(6,7)19-26(3,4)5/h10-11,20-22,33H,1-2,12-19H2,3-9H3/t20-,21-,22?,28+,29?/m0/s1. The van der Waals surface area contributed by atoms with Gasteiger partial charge >= 0.3 is 0 Å². The van der Waals surface area contributed by atoms with Crippen LogP contribution in [-0.4, -0.2) is 93.6 Å². The molecule has 0 aromatic rings. The largest absolute Gasteiger partial charge is 0.396 e. The molecule has 8 nitrogen and oxygen atoms in total. The monoisotopic (exact) mass is 517 g/mol. The summed E-state index contributed by atoms with van der Waals surface area (Å²) in [6.45, 7) is 20.9. The van der Waals surface area contributed by atoms with Crippen molar-refractivity contribution in [3.05, 3.63) is 25.3 Å². The van der Waals surface area contributed by atoms with Crippen LogP contribution in [0.25, 0.3) is 0 Å². The van der Waals surface area contributed by atoms with Gasteiger partial charge in [0.2, 0.25) is 17.7 Å². The summed E-state index contributed by atoms with van der Waals surface area (Å²) in [5.74, 6) is -1.99. The second-order valence-electron chi connectivity index (χ2n) is 13.1. The van der Waals surface area contributed by atoms with Crippen molar-refractivity contribution in [2.45, 2.75) is 90.0 Å². The van der Waals surface area contributed by atoms with Crippen LogP contribution in [0, 0.1) is 17.3 Å². The summed E-state index contributed by atoms with van der Waals surface area (Å²) >= 11 is 0. The molecule has 3 aliphatic rings. The highest BCUT2D eigenvalue weighted by molar-refractivity contribution is 5.99. The van der Waals surface area contributed by atoms with E-state index in [1.807, 2.05) is 11.8 Å². The number of hydrogen-bond acceptors (Lipinski definition) is 5. The molecule has 1 N–H and O–H groups in total. The van der Waals surface area contributed by atoms with E-state index >= 15 is 0 Å². The van der Waals surface area contributed by atoms with Gasteiger partial charge in [0, 0.05) is 38.8 Å². The van der Waals surface area contributed by atoms with Gasteiger partial charge < -0.3 is 24.5 Å². The van der Waals surface area contributed by atoms with Crippen LogP contribution in [-0.2, 0) is 19.1 Å². The Balaban J connectivity index is 2.10. The Bertz CT molecular complexity index is 940. The zero-order chi connectivity index (χ0) is 28.0. The van der Waals surface area contributed by atoms with Crippen molar-refractivity contribution < 1.29 is 24.2 Å². The van der Waals surface area contributed by atoms with Gasteiger partial charge in [-0.3, -0.25) is 14.4 Å². The highest BCUT2D eigenvalue weighted by atomic mass is 16.5. The first-order valence-electron chi connectivity index (χ1n) is 13.5. The van der Waals surface area contributed by atoms with Crippen molar-refractivity contribution in [3.63, 3.8) is 0 Å². The van der Waals surface area contributed by atoms with Gasteiger partial charge in [0.25, 0.3) is 0 Å². The number of likely N-dealkylation sites (tertiary alicyclic amines) is 1. The fraction of sp³-hybridized carbons (Fsp3) is 0.759. The maximum atomic E-state index is 14.6. The lowest BCUT2D eigenvalue weighted by Gasteiger charge is -2.45. The number of hydrogen-bond donors (Lipinski definition) is 1. The molecule has 2 bridgehead atoms. The predicted octanol–water partition coefficient (Wildman–Crippen LogP) is 3.01. The predicted molar refractivity (Wildman–Crippen MR) is 144 cm³/mol. The topological polar surface area (TPSA) is 90.4 Å². The van der Waals surface area contributed by atoms with E-state index < -0.39 is 34.6 Å². The Labute approximate surface area is 222 Å². The molecule has 3 fully saturated rings. The van der Waals surface area contributed by atoms with Gasteiger partial charge in [-0.15, -0.1) is 13.2 Å². The summed E-state index contributed by atoms with van der Waals surface area (Å²) in [5, 5.41) is 9.59. The van der Waals surface area contributed by atoms with Crippen LogP contribution in [0.3, 0.4) is 0 Å². The maximum absolute atomic E-state index is 14.6. The van der Waals surface area contributed by atoms with Crippen LogP contribution in [0.2, 0.25) is 0 Å². The average Bonchev–Trinajstić information content (AvgIpc) is 3.34. The van der Waals surface area contributed by atoms with Crippen LogP contribution in [0.5, 0.6) is 0 Å². The molecule has 0 aromatic carbocycles. The summed E-state index contributed by atoms with van der Waals surface area (Å²) < 4.78 is 6.72. The number of amides is 3. The molecule has 2 unspecified atom stereocenters. The van der Waals surface area contributed by atoms with E-state index in [0.717, 1.165) is 6.42 Å². The highest BCUT2D eigenvalue weighted by Gasteiger charge is 2.78. The molecule has 208 valence electrons. The molecule has 3 heterocycles. The van der Waals surface area contributed by atoms with E-state index in [2.05, 4.69) is 47.8 Å². The first kappa shape index (κ1) is 29.4. The lowest BCUT2D eigenvalue weighted by molar-refractivity contribution is -0.156. The van der Waals surface area contributed by atoms with Crippen LogP contribution in [0.15, 0.2) is 25.3 Å². The van der Waals surface area contributed by atoms with E-state index in [-0.39, 0.29) is 36.3 Å². The third-order valence-corrected chi connectivity index (χ3v) is 8.38. The molecule has 3 rings (SSSR count). The SMILES string of the molecule is C=CCN(C)C(=O)[C@@H]1[C@H]2C(=O)N(CCCO)C(C(=O)N(CC=C)C(C)(C)CC(C)(C)C)C23CC[C@@]1(C)O3. The molecule has 37 heavy (non-hydrogen) atoms. The highest BCUT2D eigenvalue weighted by Crippen LogP contribution is 2.63. The zero-order valence-corrected chi connectivity index (χ0v) is 23.9. The van der Waals surface area contributed by atoms with Gasteiger partial charge in [-0.2, -0.15) is 0 Å². The zero-order valence-electron chi connectivity index (χ0n) is 23.9. The van der Waals surface area contributed by atoms with Gasteiger partial charge in [0.1, 0.15) is 11.6 Å². The first-order valence-corrected chi connectivity index (χ1v) is 13.5. The van der Waals surface area contributed by atoms with Crippen molar-refractivity contribution in [2.24, 2.45) is 17.3 Å². The number of fused-ring (bicyclic) bond motifs is 1. The molecule has 3 amide bonds. The van der Waals surface area contributed by atoms with Crippen LogP contribution in [0.4, 0.5) is 0 Å². The summed E-state index contributed by atoms with van der Waals surface area (Å²) in [6.07, 6.45) is 5.60. The Kier molecular flexibility index (Phi) is 8.08. The van der Waals surface area contributed by atoms with E-state index in [9.17, 15) is 19.5 Å². The van der Waals surface area contributed by atoms with Gasteiger partial charge in [0.15, 0.2) is 0 Å². The fourth-order valence-corrected chi connectivity index (χ4v) is 7.39. The normalized spacial score (nSPS) is 30.9. The Morgan fingerprint density at radius 1 is 1.14 bits per heavy atom. The summed E-state index contributed by atoms with van der Waals surface area (Å²) in [7, 11) is 1.71. The van der Waals surface area contributed by atoms with Crippen LogP contribution < -0.4 is 0 Å². The summed E-state index contributed by atoms with van der Waals surface area (Å²) in [4.78, 5) is 47.3. The second-order valence-corrected chi connectivity index (χ2v) is 13.1. The number of aliphatic hydroxyl groups excluding tert-OH is 1. The molecule has 3 saturated heterocycles. The lowest BCUT2D eigenvalue weighted by atomic mass is 9.66. The Morgan fingerprint density at radius 2 is 1.76 bits per heavy atom. The molecule has 0 aliphatic carbocycles. The molecule has 5 atom stereocenters. The van der Waals surface area contributed by atoms with Gasteiger partial charge in [-0.25, -0.2) is 0 Å². The van der Waals surface area contributed by atoms with Crippen molar-refractivity contribution in [1.82, 2.24) is 14.7 Å². The smallest absolute Gasteiger partial charge is 0.249 e. The third kappa shape index (κ3) is 4.99. The van der Waals surface area contributed by atoms with Crippen molar-refractivity contribution in [3.8, 4) is 0 Å². The minimum absolute atomic E-state index is 0.0326. The van der Waals surface area contributed by atoms with Gasteiger partial charge in [-0.1, -0.05) is 32.9 Å². The quantitative estimate of drug-likeness (QED) is 0.426. The number of ether oxygens (including phenoxy) is 1. The molecule has 1 spiro atoms. The van der Waals surface area contributed by atoms with E-state index in [1.165, 1.54) is 0 Å². The number of rotatable bonds is 11. The number of carbonyl (C=O) groups is 3. The number of carbonyl (C=O) groups excluding carboxylic acids is 3. The van der Waals surface area contributed by atoms with Crippen molar-refractivity contribution in [2.75, 3.05) is 33.3 Å². The molecular weight excluding hydrogens is 470 g/mol. The van der Waals surface area contributed by atoms with E-state index in [0.29, 0.717) is 32.4 Å². The van der Waals surface area contributed by atoms with Crippen LogP contribution in [0.1, 0.15) is 67.2 Å². The third-order valence-electron chi connectivity index (χ3n) is 8.38. The first-order chi connectivity index (χ1) is 17.1. The molecule has 3 aliphatic heterocycles. The maximum Gasteiger partial charge on any atom is 0.249 e. The minimum Gasteiger partial charge on any atom is -0.396 e. The van der Waals surface area contributed by atoms with Crippen molar-refractivity contribution >= 4 is 17.7 Å². The van der Waals surface area contributed by atoms with E-state index in [4.69, 9.17) is 4.74 Å². The number of aliphatic hydroxyl groups is 1. The fourth-order valence-electron chi connectivity index (χ4n) is 7.39. The average molecular weight is 518 g/mol. The minimum atomic E-state index is -1.08. The van der Waals surface area contributed by atoms with Gasteiger partial charge in [0.05, 0.1) is 17.4 Å². The molecule has 0 aromatic heterocycles.